The van der Waals surface area contributed by atoms with E-state index < -0.39 is 12.0 Å². The predicted molar refractivity (Wildman–Crippen MR) is 106 cm³/mol. The predicted octanol–water partition coefficient (Wildman–Crippen LogP) is 3.27. The second-order valence-corrected chi connectivity index (χ2v) is 5.89. The van der Waals surface area contributed by atoms with Gasteiger partial charge < -0.3 is 14.2 Å². The highest BCUT2D eigenvalue weighted by molar-refractivity contribution is 5.84. The summed E-state index contributed by atoms with van der Waals surface area (Å²) in [7, 11) is 1.57. The summed E-state index contributed by atoms with van der Waals surface area (Å²) in [4.78, 5) is 12.1. The summed E-state index contributed by atoms with van der Waals surface area (Å²) >= 11 is 0. The van der Waals surface area contributed by atoms with E-state index in [1.165, 1.54) is 6.21 Å². The van der Waals surface area contributed by atoms with Crippen LogP contribution >= 0.6 is 0 Å². The van der Waals surface area contributed by atoms with Gasteiger partial charge in [-0.2, -0.15) is 10.4 Å². The molecule has 0 aliphatic carbocycles. The van der Waals surface area contributed by atoms with Gasteiger partial charge in [0.05, 0.1) is 31.6 Å². The van der Waals surface area contributed by atoms with Crippen LogP contribution in [-0.4, -0.2) is 31.9 Å². The van der Waals surface area contributed by atoms with Gasteiger partial charge in [0.2, 0.25) is 0 Å². The number of hydrogen-bond donors (Lipinski definition) is 1. The number of carbonyl (C=O) groups excluding carboxylic acids is 1. The third-order valence-corrected chi connectivity index (χ3v) is 3.70. The Morgan fingerprint density at radius 3 is 2.64 bits per heavy atom. The average Bonchev–Trinajstić information content (AvgIpc) is 2.73. The Morgan fingerprint density at radius 1 is 1.25 bits per heavy atom. The quantitative estimate of drug-likeness (QED) is 0.531. The van der Waals surface area contributed by atoms with Crippen molar-refractivity contribution in [2.75, 3.05) is 13.7 Å². The van der Waals surface area contributed by atoms with E-state index in [-0.39, 0.29) is 0 Å². The molecule has 2 aromatic rings. The molecule has 0 saturated carbocycles. The van der Waals surface area contributed by atoms with Crippen molar-refractivity contribution >= 4 is 12.1 Å². The van der Waals surface area contributed by atoms with Gasteiger partial charge in [-0.25, -0.2) is 5.43 Å². The van der Waals surface area contributed by atoms with E-state index in [9.17, 15) is 4.79 Å². The number of hydrazone groups is 1. The summed E-state index contributed by atoms with van der Waals surface area (Å²) < 4.78 is 16.5. The first kappa shape index (κ1) is 20.8. The maximum Gasteiger partial charge on any atom is 0.280 e. The third kappa shape index (κ3) is 6.02. The molecule has 1 atom stereocenters. The lowest BCUT2D eigenvalue weighted by Gasteiger charge is -2.13. The molecule has 1 N–H and O–H groups in total. The molecule has 7 heteroatoms. The van der Waals surface area contributed by atoms with Crippen molar-refractivity contribution in [3.8, 4) is 23.3 Å². The summed E-state index contributed by atoms with van der Waals surface area (Å²) in [6, 6.07) is 13.9. The van der Waals surface area contributed by atoms with Gasteiger partial charge in [-0.15, -0.1) is 0 Å². The summed E-state index contributed by atoms with van der Waals surface area (Å²) in [6.07, 6.45) is 1.67. The van der Waals surface area contributed by atoms with Crippen LogP contribution in [0, 0.1) is 11.3 Å². The fraction of sp³-hybridized carbons (Fsp3) is 0.286. The molecule has 0 aliphatic heterocycles. The van der Waals surface area contributed by atoms with E-state index in [1.54, 1.807) is 50.4 Å². The molecule has 0 heterocycles. The highest BCUT2D eigenvalue weighted by Crippen LogP contribution is 2.27. The van der Waals surface area contributed by atoms with Gasteiger partial charge in [0.1, 0.15) is 5.75 Å². The number of nitrogens with zero attached hydrogens (tertiary/aromatic N) is 2. The smallest absolute Gasteiger partial charge is 0.280 e. The molecule has 7 nitrogen and oxygen atoms in total. The lowest BCUT2D eigenvalue weighted by Crippen LogP contribution is -2.33. The molecule has 2 rings (SSSR count). The van der Waals surface area contributed by atoms with Crippen molar-refractivity contribution in [3.63, 3.8) is 0 Å². The Bertz CT molecular complexity index is 857. The SMILES string of the molecule is CCCOc1ccc(/C=N/NC(=O)C(C)Oc2ccc(C#N)cc2)cc1OC. The molecule has 28 heavy (non-hydrogen) atoms. The van der Waals surface area contributed by atoms with Crippen LogP contribution < -0.4 is 19.6 Å². The lowest BCUT2D eigenvalue weighted by atomic mass is 10.2. The number of amides is 1. The van der Waals surface area contributed by atoms with Crippen LogP contribution in [0.25, 0.3) is 0 Å². The number of methoxy groups -OCH3 is 1. The highest BCUT2D eigenvalue weighted by atomic mass is 16.5. The average molecular weight is 381 g/mol. The Hall–Kier alpha value is -3.53. The minimum Gasteiger partial charge on any atom is -0.493 e. The van der Waals surface area contributed by atoms with Crippen LogP contribution in [0.4, 0.5) is 0 Å². The number of rotatable bonds is 9. The second kappa shape index (κ2) is 10.6. The van der Waals surface area contributed by atoms with E-state index in [4.69, 9.17) is 19.5 Å². The zero-order chi connectivity index (χ0) is 20.4. The van der Waals surface area contributed by atoms with Gasteiger partial charge in [0.25, 0.3) is 5.91 Å². The monoisotopic (exact) mass is 381 g/mol. The van der Waals surface area contributed by atoms with Gasteiger partial charge in [-0.3, -0.25) is 4.79 Å². The molecule has 0 aromatic heterocycles. The van der Waals surface area contributed by atoms with Gasteiger partial charge in [0.15, 0.2) is 17.6 Å². The van der Waals surface area contributed by atoms with Gasteiger partial charge in [-0.05, 0) is 61.4 Å². The molecular weight excluding hydrogens is 358 g/mol. The zero-order valence-corrected chi connectivity index (χ0v) is 16.1. The summed E-state index contributed by atoms with van der Waals surface area (Å²) in [6.45, 7) is 4.26. The summed E-state index contributed by atoms with van der Waals surface area (Å²) in [5.41, 5.74) is 3.72. The Morgan fingerprint density at radius 2 is 2.00 bits per heavy atom. The molecule has 0 fully saturated rings. The molecule has 0 aliphatic rings. The molecule has 1 unspecified atom stereocenters. The first-order valence-electron chi connectivity index (χ1n) is 8.88. The Labute approximate surface area is 164 Å². The molecule has 0 spiro atoms. The summed E-state index contributed by atoms with van der Waals surface area (Å²) in [5, 5.41) is 12.7. The maximum atomic E-state index is 12.1. The lowest BCUT2D eigenvalue weighted by molar-refractivity contribution is -0.127. The number of ether oxygens (including phenoxy) is 3. The van der Waals surface area contributed by atoms with Crippen LogP contribution in [0.15, 0.2) is 47.6 Å². The molecule has 0 saturated heterocycles. The minimum absolute atomic E-state index is 0.393. The zero-order valence-electron chi connectivity index (χ0n) is 16.1. The van der Waals surface area contributed by atoms with Crippen molar-refractivity contribution in [3.05, 3.63) is 53.6 Å². The standard InChI is InChI=1S/C21H23N3O4/c1-4-11-27-19-10-7-17(12-20(19)26-3)14-23-24-21(25)15(2)28-18-8-5-16(13-22)6-9-18/h5-10,12,14-15H,4,11H2,1-3H3,(H,24,25)/b23-14+. The van der Waals surface area contributed by atoms with Crippen LogP contribution in [0.3, 0.4) is 0 Å². The Balaban J connectivity index is 1.91. The van der Waals surface area contributed by atoms with E-state index >= 15 is 0 Å². The van der Waals surface area contributed by atoms with Gasteiger partial charge in [0, 0.05) is 0 Å². The number of nitriles is 1. The van der Waals surface area contributed by atoms with Crippen LogP contribution in [-0.2, 0) is 4.79 Å². The number of benzene rings is 2. The first-order chi connectivity index (χ1) is 13.6. The first-order valence-corrected chi connectivity index (χ1v) is 8.88. The molecule has 0 bridgehead atoms. The minimum atomic E-state index is -0.746. The van der Waals surface area contributed by atoms with Crippen molar-refractivity contribution in [1.82, 2.24) is 5.43 Å². The van der Waals surface area contributed by atoms with Crippen LogP contribution in [0.1, 0.15) is 31.4 Å². The second-order valence-electron chi connectivity index (χ2n) is 5.89. The van der Waals surface area contributed by atoms with E-state index in [2.05, 4.69) is 10.5 Å². The van der Waals surface area contributed by atoms with E-state index in [0.717, 1.165) is 12.0 Å². The van der Waals surface area contributed by atoms with Crippen molar-refractivity contribution < 1.29 is 19.0 Å². The molecule has 1 amide bonds. The summed E-state index contributed by atoms with van der Waals surface area (Å²) in [5.74, 6) is 1.37. The number of carbonyl (C=O) groups is 1. The van der Waals surface area contributed by atoms with Crippen LogP contribution in [0.5, 0.6) is 17.2 Å². The van der Waals surface area contributed by atoms with E-state index in [0.29, 0.717) is 29.4 Å². The molecule has 2 aromatic carbocycles. The number of nitrogens with one attached hydrogen (secondary N) is 1. The van der Waals surface area contributed by atoms with E-state index in [1.807, 2.05) is 19.1 Å². The van der Waals surface area contributed by atoms with Gasteiger partial charge in [-0.1, -0.05) is 6.92 Å². The highest BCUT2D eigenvalue weighted by Gasteiger charge is 2.14. The topological polar surface area (TPSA) is 92.9 Å². The normalized spacial score (nSPS) is 11.5. The third-order valence-electron chi connectivity index (χ3n) is 3.70. The number of hydrogen-bond acceptors (Lipinski definition) is 6. The fourth-order valence-electron chi connectivity index (χ4n) is 2.22. The molecule has 146 valence electrons. The maximum absolute atomic E-state index is 12.1. The van der Waals surface area contributed by atoms with Crippen molar-refractivity contribution in [2.24, 2.45) is 5.10 Å². The van der Waals surface area contributed by atoms with Gasteiger partial charge >= 0.3 is 0 Å². The largest absolute Gasteiger partial charge is 0.493 e. The van der Waals surface area contributed by atoms with Crippen molar-refractivity contribution in [2.45, 2.75) is 26.4 Å². The van der Waals surface area contributed by atoms with Crippen LogP contribution in [0.2, 0.25) is 0 Å². The van der Waals surface area contributed by atoms with Crippen molar-refractivity contribution in [1.29, 1.82) is 5.26 Å². The Kier molecular flexibility index (Phi) is 7.85. The molecular formula is C21H23N3O4. The fourth-order valence-corrected chi connectivity index (χ4v) is 2.22. The molecule has 0 radical (unpaired) electrons.